The third-order valence-electron chi connectivity index (χ3n) is 8.04. The minimum absolute atomic E-state index is 0.107. The second kappa shape index (κ2) is 6.51. The summed E-state index contributed by atoms with van der Waals surface area (Å²) in [6, 6.07) is 9.51. The fourth-order valence-electron chi connectivity index (χ4n) is 6.55. The van der Waals surface area contributed by atoms with Gasteiger partial charge in [-0.05, 0) is 84.9 Å². The number of nitrogens with one attached hydrogen (secondary N) is 1. The molecule has 6 nitrogen and oxygen atoms in total. The van der Waals surface area contributed by atoms with Crippen LogP contribution in [-0.2, 0) is 19.9 Å². The zero-order valence-electron chi connectivity index (χ0n) is 18.2. The second-order valence-corrected chi connectivity index (χ2v) is 10.4. The highest BCUT2D eigenvalue weighted by atomic mass is 79.9. The standard InChI is InChI=1S/C25H24BrN3O3/c1-12-6-9-17(16(26)11-12)29-22(30)19-18-5-4-10-28(18)25(20(19)23(29)31)15-8-7-13(2)14(3)21(15)27-24(25)32/h6-9,11,18-20H,4-5,10H2,1-3H3,(H,27,32). The second-order valence-electron chi connectivity index (χ2n) is 9.52. The summed E-state index contributed by atoms with van der Waals surface area (Å²) in [6.07, 6.45) is 1.73. The summed E-state index contributed by atoms with van der Waals surface area (Å²) >= 11 is 3.54. The first kappa shape index (κ1) is 20.1. The Morgan fingerprint density at radius 3 is 2.59 bits per heavy atom. The van der Waals surface area contributed by atoms with E-state index in [0.29, 0.717) is 16.7 Å². The van der Waals surface area contributed by atoms with Gasteiger partial charge in [0.15, 0.2) is 0 Å². The molecule has 4 heterocycles. The number of anilines is 2. The van der Waals surface area contributed by atoms with Gasteiger partial charge in [-0.2, -0.15) is 0 Å². The van der Waals surface area contributed by atoms with Crippen molar-refractivity contribution in [2.24, 2.45) is 11.8 Å². The Hall–Kier alpha value is -2.51. The number of carbonyl (C=O) groups excluding carboxylic acids is 3. The van der Waals surface area contributed by atoms with Crippen LogP contribution in [0.1, 0.15) is 35.1 Å². The van der Waals surface area contributed by atoms with Gasteiger partial charge in [0.1, 0.15) is 5.54 Å². The molecule has 6 rings (SSSR count). The van der Waals surface area contributed by atoms with Crippen LogP contribution in [0.3, 0.4) is 0 Å². The van der Waals surface area contributed by atoms with Gasteiger partial charge in [0.05, 0.1) is 17.5 Å². The molecule has 4 atom stereocenters. The van der Waals surface area contributed by atoms with E-state index >= 15 is 0 Å². The number of benzene rings is 2. The smallest absolute Gasteiger partial charge is 0.250 e. The molecule has 2 aromatic rings. The third-order valence-corrected chi connectivity index (χ3v) is 8.68. The van der Waals surface area contributed by atoms with E-state index < -0.39 is 17.4 Å². The normalized spacial score (nSPS) is 30.8. The maximum Gasteiger partial charge on any atom is 0.250 e. The summed E-state index contributed by atoms with van der Waals surface area (Å²) in [5.74, 6) is -1.89. The molecule has 3 amide bonds. The average molecular weight is 494 g/mol. The number of amides is 3. The lowest BCUT2D eigenvalue weighted by atomic mass is 9.75. The van der Waals surface area contributed by atoms with Gasteiger partial charge >= 0.3 is 0 Å². The maximum absolute atomic E-state index is 14.0. The van der Waals surface area contributed by atoms with Crippen molar-refractivity contribution in [3.8, 4) is 0 Å². The first-order valence-electron chi connectivity index (χ1n) is 11.1. The molecule has 4 aliphatic rings. The van der Waals surface area contributed by atoms with Crippen molar-refractivity contribution in [2.45, 2.75) is 45.2 Å². The topological polar surface area (TPSA) is 69.7 Å². The van der Waals surface area contributed by atoms with Crippen LogP contribution in [0.4, 0.5) is 11.4 Å². The summed E-state index contributed by atoms with van der Waals surface area (Å²) in [5, 5.41) is 3.10. The monoisotopic (exact) mass is 493 g/mol. The Balaban J connectivity index is 1.57. The summed E-state index contributed by atoms with van der Waals surface area (Å²) in [5.41, 5.74) is 4.21. The third kappa shape index (κ3) is 2.21. The fourth-order valence-corrected chi connectivity index (χ4v) is 7.22. The molecule has 4 aliphatic heterocycles. The van der Waals surface area contributed by atoms with Crippen LogP contribution in [0.15, 0.2) is 34.8 Å². The highest BCUT2D eigenvalue weighted by molar-refractivity contribution is 9.10. The van der Waals surface area contributed by atoms with E-state index in [2.05, 4.69) is 26.1 Å². The van der Waals surface area contributed by atoms with Crippen LogP contribution in [0.5, 0.6) is 0 Å². The van der Waals surface area contributed by atoms with Crippen LogP contribution in [-0.4, -0.2) is 35.2 Å². The molecule has 0 aromatic heterocycles. The lowest BCUT2D eigenvalue weighted by Crippen LogP contribution is -2.54. The summed E-state index contributed by atoms with van der Waals surface area (Å²) in [4.78, 5) is 45.0. The lowest BCUT2D eigenvalue weighted by Gasteiger charge is -2.36. The molecule has 0 aliphatic carbocycles. The van der Waals surface area contributed by atoms with Gasteiger partial charge in [-0.25, -0.2) is 4.90 Å². The van der Waals surface area contributed by atoms with E-state index in [9.17, 15) is 14.4 Å². The van der Waals surface area contributed by atoms with Crippen LogP contribution in [0.2, 0.25) is 0 Å². The lowest BCUT2D eigenvalue weighted by molar-refractivity contribution is -0.135. The van der Waals surface area contributed by atoms with Gasteiger partial charge in [0, 0.05) is 21.8 Å². The van der Waals surface area contributed by atoms with E-state index in [1.165, 1.54) is 4.90 Å². The Morgan fingerprint density at radius 1 is 1.06 bits per heavy atom. The van der Waals surface area contributed by atoms with Crippen molar-refractivity contribution in [3.63, 3.8) is 0 Å². The van der Waals surface area contributed by atoms with Gasteiger partial charge in [-0.1, -0.05) is 18.2 Å². The van der Waals surface area contributed by atoms with E-state index in [1.807, 2.05) is 51.1 Å². The number of rotatable bonds is 1. The molecule has 2 aromatic carbocycles. The molecule has 1 N–H and O–H groups in total. The molecular weight excluding hydrogens is 470 g/mol. The Kier molecular flexibility index (Phi) is 4.10. The quantitative estimate of drug-likeness (QED) is 0.613. The van der Waals surface area contributed by atoms with Gasteiger partial charge in [0.2, 0.25) is 17.7 Å². The summed E-state index contributed by atoms with van der Waals surface area (Å²) in [6.45, 7) is 6.70. The van der Waals surface area contributed by atoms with Crippen molar-refractivity contribution in [1.82, 2.24) is 4.90 Å². The van der Waals surface area contributed by atoms with Crippen molar-refractivity contribution >= 4 is 45.0 Å². The average Bonchev–Trinajstić information content (AvgIpc) is 3.45. The largest absolute Gasteiger partial charge is 0.324 e. The highest BCUT2D eigenvalue weighted by Gasteiger charge is 2.74. The van der Waals surface area contributed by atoms with Crippen molar-refractivity contribution in [2.75, 3.05) is 16.8 Å². The Bertz CT molecular complexity index is 1240. The van der Waals surface area contributed by atoms with Crippen molar-refractivity contribution in [1.29, 1.82) is 0 Å². The summed E-state index contributed by atoms with van der Waals surface area (Å²) in [7, 11) is 0. The van der Waals surface area contributed by atoms with E-state index in [0.717, 1.165) is 40.8 Å². The van der Waals surface area contributed by atoms with Crippen molar-refractivity contribution < 1.29 is 14.4 Å². The molecule has 4 unspecified atom stereocenters. The number of fused-ring (bicyclic) bond motifs is 7. The van der Waals surface area contributed by atoms with Gasteiger partial charge in [-0.3, -0.25) is 19.3 Å². The number of hydrogen-bond acceptors (Lipinski definition) is 4. The number of imide groups is 1. The number of nitrogens with zero attached hydrogens (tertiary/aromatic N) is 2. The summed E-state index contributed by atoms with van der Waals surface area (Å²) < 4.78 is 0.708. The van der Waals surface area contributed by atoms with Crippen LogP contribution in [0.25, 0.3) is 0 Å². The minimum atomic E-state index is -1.13. The van der Waals surface area contributed by atoms with Crippen molar-refractivity contribution in [3.05, 3.63) is 57.1 Å². The zero-order chi connectivity index (χ0) is 22.5. The van der Waals surface area contributed by atoms with Gasteiger partial charge in [-0.15, -0.1) is 0 Å². The molecule has 1 spiro atoms. The van der Waals surface area contributed by atoms with Gasteiger partial charge < -0.3 is 5.32 Å². The predicted molar refractivity (Wildman–Crippen MR) is 124 cm³/mol. The van der Waals surface area contributed by atoms with Crippen LogP contribution < -0.4 is 10.2 Å². The predicted octanol–water partition coefficient (Wildman–Crippen LogP) is 3.81. The zero-order valence-corrected chi connectivity index (χ0v) is 19.8. The van der Waals surface area contributed by atoms with E-state index in [1.54, 1.807) is 0 Å². The van der Waals surface area contributed by atoms with Crippen LogP contribution >= 0.6 is 15.9 Å². The molecule has 0 radical (unpaired) electrons. The van der Waals surface area contributed by atoms with Crippen LogP contribution in [0, 0.1) is 32.6 Å². The first-order chi connectivity index (χ1) is 15.3. The number of carbonyl (C=O) groups is 3. The molecule has 0 saturated carbocycles. The first-order valence-corrected chi connectivity index (χ1v) is 11.9. The number of halogens is 1. The van der Waals surface area contributed by atoms with E-state index in [4.69, 9.17) is 0 Å². The molecule has 0 bridgehead atoms. The minimum Gasteiger partial charge on any atom is -0.324 e. The highest BCUT2D eigenvalue weighted by Crippen LogP contribution is 2.61. The molecular formula is C25H24BrN3O3. The SMILES string of the molecule is Cc1ccc(N2C(=O)C3C4CCCN4C4(C(=O)Nc5c4ccc(C)c5C)C3C2=O)c(Br)c1. The maximum atomic E-state index is 14.0. The fraction of sp³-hybridized carbons (Fsp3) is 0.400. The molecule has 164 valence electrons. The molecule has 32 heavy (non-hydrogen) atoms. The van der Waals surface area contributed by atoms with E-state index in [-0.39, 0.29) is 23.8 Å². The molecule has 3 saturated heterocycles. The molecule has 7 heteroatoms. The Morgan fingerprint density at radius 2 is 1.84 bits per heavy atom. The number of aryl methyl sites for hydroxylation is 2. The Labute approximate surface area is 195 Å². The molecule has 3 fully saturated rings. The van der Waals surface area contributed by atoms with Gasteiger partial charge in [0.25, 0.3) is 0 Å². The number of hydrogen-bond donors (Lipinski definition) is 1.